The molecule has 0 amide bonds. The van der Waals surface area contributed by atoms with E-state index >= 15 is 0 Å². The molecule has 4 aliphatic rings. The number of hydrogen-bond acceptors (Lipinski definition) is 4. The van der Waals surface area contributed by atoms with Crippen molar-refractivity contribution in [2.24, 2.45) is 0 Å². The van der Waals surface area contributed by atoms with Gasteiger partial charge in [-0.15, -0.1) is 0 Å². The molecule has 0 N–H and O–H groups in total. The summed E-state index contributed by atoms with van der Waals surface area (Å²) in [6, 6.07) is 3.37. The second-order valence-electron chi connectivity index (χ2n) is 7.02. The van der Waals surface area contributed by atoms with Crippen LogP contribution in [0.3, 0.4) is 0 Å². The molecular formula is C14H26N4. The van der Waals surface area contributed by atoms with Gasteiger partial charge in [-0.25, -0.2) is 0 Å². The Labute approximate surface area is 110 Å². The van der Waals surface area contributed by atoms with Crippen LogP contribution in [0.1, 0.15) is 19.3 Å². The van der Waals surface area contributed by atoms with Gasteiger partial charge < -0.3 is 9.80 Å². The highest BCUT2D eigenvalue weighted by Crippen LogP contribution is 2.34. The molecule has 4 aliphatic heterocycles. The number of fused-ring (bicyclic) bond motifs is 4. The molecular weight excluding hydrogens is 224 g/mol. The molecule has 4 bridgehead atoms. The summed E-state index contributed by atoms with van der Waals surface area (Å²) < 4.78 is 0. The van der Waals surface area contributed by atoms with Gasteiger partial charge in [0.25, 0.3) is 0 Å². The number of likely N-dealkylation sites (tertiary alicyclic amines) is 3. The van der Waals surface area contributed by atoms with Crippen molar-refractivity contribution in [2.75, 3.05) is 46.9 Å². The van der Waals surface area contributed by atoms with Crippen molar-refractivity contribution in [2.45, 2.75) is 43.4 Å². The van der Waals surface area contributed by atoms with Gasteiger partial charge in [0.2, 0.25) is 0 Å². The van der Waals surface area contributed by atoms with Gasteiger partial charge in [-0.3, -0.25) is 9.80 Å². The predicted molar refractivity (Wildman–Crippen MR) is 72.5 cm³/mol. The van der Waals surface area contributed by atoms with E-state index in [1.807, 2.05) is 0 Å². The lowest BCUT2D eigenvalue weighted by molar-refractivity contribution is 0.0114. The molecule has 0 aliphatic carbocycles. The van der Waals surface area contributed by atoms with Crippen molar-refractivity contribution >= 4 is 0 Å². The van der Waals surface area contributed by atoms with Gasteiger partial charge in [0.1, 0.15) is 0 Å². The first kappa shape index (κ1) is 11.6. The Bertz CT molecular complexity index is 318. The Morgan fingerprint density at radius 1 is 0.833 bits per heavy atom. The quantitative estimate of drug-likeness (QED) is 0.690. The maximum absolute atomic E-state index is 2.82. The number of hydrogen-bond donors (Lipinski definition) is 0. The van der Waals surface area contributed by atoms with Gasteiger partial charge in [0.15, 0.2) is 0 Å². The average molecular weight is 250 g/mol. The maximum atomic E-state index is 2.82. The number of piperazine rings is 2. The van der Waals surface area contributed by atoms with Crippen molar-refractivity contribution in [3.63, 3.8) is 0 Å². The smallest absolute Gasteiger partial charge is 0.0516 e. The van der Waals surface area contributed by atoms with Crippen molar-refractivity contribution in [3.8, 4) is 0 Å². The van der Waals surface area contributed by atoms with Crippen LogP contribution in [0.15, 0.2) is 0 Å². The molecule has 4 unspecified atom stereocenters. The average Bonchev–Trinajstić information content (AvgIpc) is 2.93. The summed E-state index contributed by atoms with van der Waals surface area (Å²) in [5.41, 5.74) is 0. The van der Waals surface area contributed by atoms with Gasteiger partial charge in [-0.2, -0.15) is 0 Å². The Hall–Kier alpha value is -0.160. The summed E-state index contributed by atoms with van der Waals surface area (Å²) >= 11 is 0. The molecule has 4 heterocycles. The highest BCUT2D eigenvalue weighted by molar-refractivity contribution is 5.01. The van der Waals surface area contributed by atoms with E-state index in [9.17, 15) is 0 Å². The zero-order valence-corrected chi connectivity index (χ0v) is 11.8. The van der Waals surface area contributed by atoms with Crippen molar-refractivity contribution in [1.29, 1.82) is 0 Å². The van der Waals surface area contributed by atoms with Crippen LogP contribution < -0.4 is 0 Å². The minimum absolute atomic E-state index is 0.839. The Morgan fingerprint density at radius 3 is 2.11 bits per heavy atom. The monoisotopic (exact) mass is 250 g/mol. The lowest BCUT2D eigenvalue weighted by Gasteiger charge is -2.43. The molecule has 0 radical (unpaired) electrons. The van der Waals surface area contributed by atoms with E-state index in [1.54, 1.807) is 0 Å². The van der Waals surface area contributed by atoms with E-state index in [1.165, 1.54) is 52.1 Å². The van der Waals surface area contributed by atoms with Crippen LogP contribution in [0.4, 0.5) is 0 Å². The van der Waals surface area contributed by atoms with Crippen LogP contribution in [0.25, 0.3) is 0 Å². The van der Waals surface area contributed by atoms with Crippen LogP contribution in [0, 0.1) is 0 Å². The lowest BCUT2D eigenvalue weighted by atomic mass is 10.2. The molecule has 0 aromatic heterocycles. The van der Waals surface area contributed by atoms with Gasteiger partial charge in [-0.05, 0) is 33.4 Å². The van der Waals surface area contributed by atoms with E-state index in [0.717, 1.165) is 24.2 Å². The molecule has 4 atom stereocenters. The molecule has 4 saturated heterocycles. The fourth-order valence-electron chi connectivity index (χ4n) is 4.76. The number of nitrogens with zero attached hydrogens (tertiary/aromatic N) is 4. The van der Waals surface area contributed by atoms with Crippen LogP contribution in [-0.4, -0.2) is 90.7 Å². The molecule has 18 heavy (non-hydrogen) atoms. The summed E-state index contributed by atoms with van der Waals surface area (Å²) in [5, 5.41) is 0. The fraction of sp³-hybridized carbons (Fsp3) is 1.00. The van der Waals surface area contributed by atoms with Crippen molar-refractivity contribution in [1.82, 2.24) is 19.6 Å². The molecule has 0 saturated carbocycles. The zero-order chi connectivity index (χ0) is 12.3. The molecule has 4 heteroatoms. The Morgan fingerprint density at radius 2 is 1.56 bits per heavy atom. The number of rotatable bonds is 2. The van der Waals surface area contributed by atoms with Crippen molar-refractivity contribution < 1.29 is 0 Å². The molecule has 102 valence electrons. The molecule has 0 spiro atoms. The van der Waals surface area contributed by atoms with Gasteiger partial charge in [0, 0.05) is 50.3 Å². The third kappa shape index (κ3) is 1.73. The van der Waals surface area contributed by atoms with Crippen LogP contribution in [0.2, 0.25) is 0 Å². The SMILES string of the molecule is CN1CC2CCC(C1)N2CN1CC2CC1CN2C. The topological polar surface area (TPSA) is 13.0 Å². The van der Waals surface area contributed by atoms with Crippen LogP contribution >= 0.6 is 0 Å². The predicted octanol–water partition coefficient (Wildman–Crippen LogP) is 0.111. The molecule has 4 rings (SSSR count). The third-order valence-corrected chi connectivity index (χ3v) is 5.79. The van der Waals surface area contributed by atoms with Crippen LogP contribution in [-0.2, 0) is 0 Å². The first-order valence-corrected chi connectivity index (χ1v) is 7.59. The molecule has 4 fully saturated rings. The summed E-state index contributed by atoms with van der Waals surface area (Å²) in [6.45, 7) is 6.44. The largest absolute Gasteiger partial charge is 0.303 e. The second-order valence-corrected chi connectivity index (χ2v) is 7.02. The summed E-state index contributed by atoms with van der Waals surface area (Å²) in [5.74, 6) is 0. The zero-order valence-electron chi connectivity index (χ0n) is 11.8. The summed E-state index contributed by atoms with van der Waals surface area (Å²) in [6.07, 6.45) is 4.27. The highest BCUT2D eigenvalue weighted by Gasteiger charge is 2.45. The molecule has 0 aromatic carbocycles. The molecule has 0 aromatic rings. The van der Waals surface area contributed by atoms with E-state index < -0.39 is 0 Å². The molecule has 4 nitrogen and oxygen atoms in total. The first-order chi connectivity index (χ1) is 8.70. The van der Waals surface area contributed by atoms with Crippen LogP contribution in [0.5, 0.6) is 0 Å². The highest BCUT2D eigenvalue weighted by atomic mass is 15.4. The third-order valence-electron chi connectivity index (χ3n) is 5.79. The Balaban J connectivity index is 1.41. The second kappa shape index (κ2) is 4.17. The van der Waals surface area contributed by atoms with Crippen molar-refractivity contribution in [3.05, 3.63) is 0 Å². The Kier molecular flexibility index (Phi) is 2.70. The minimum Gasteiger partial charge on any atom is -0.303 e. The minimum atomic E-state index is 0.839. The van der Waals surface area contributed by atoms with E-state index in [-0.39, 0.29) is 0 Å². The number of likely N-dealkylation sites (N-methyl/N-ethyl adjacent to an activating group) is 2. The van der Waals surface area contributed by atoms with E-state index in [0.29, 0.717) is 0 Å². The van der Waals surface area contributed by atoms with Gasteiger partial charge in [0.05, 0.1) is 6.67 Å². The fourth-order valence-corrected chi connectivity index (χ4v) is 4.76. The van der Waals surface area contributed by atoms with E-state index in [4.69, 9.17) is 0 Å². The van der Waals surface area contributed by atoms with Gasteiger partial charge >= 0.3 is 0 Å². The maximum Gasteiger partial charge on any atom is 0.0516 e. The summed E-state index contributed by atoms with van der Waals surface area (Å²) in [4.78, 5) is 10.7. The van der Waals surface area contributed by atoms with E-state index in [2.05, 4.69) is 33.7 Å². The normalized spacial score (nSPS) is 46.3. The lowest BCUT2D eigenvalue weighted by Crippen LogP contribution is -2.57. The summed E-state index contributed by atoms with van der Waals surface area (Å²) in [7, 11) is 4.58. The van der Waals surface area contributed by atoms with Gasteiger partial charge in [-0.1, -0.05) is 0 Å². The first-order valence-electron chi connectivity index (χ1n) is 7.59. The standard InChI is InChI=1S/C14H26N4/c1-15-6-11-3-4-12(7-15)18(11)10-17-9-13-5-14(17)8-16(13)2/h11-14H,3-10H2,1-2H3.